The summed E-state index contributed by atoms with van der Waals surface area (Å²) in [7, 11) is 7.84. The first-order valence-corrected chi connectivity index (χ1v) is 7.98. The third kappa shape index (κ3) is 2.88. The van der Waals surface area contributed by atoms with Gasteiger partial charge in [-0.1, -0.05) is 36.4 Å². The van der Waals surface area contributed by atoms with Crippen molar-refractivity contribution in [2.24, 2.45) is 4.99 Å². The van der Waals surface area contributed by atoms with E-state index in [1.165, 1.54) is 5.56 Å². The number of nitrogens with one attached hydrogen (secondary N) is 1. The van der Waals surface area contributed by atoms with Crippen LogP contribution in [0, 0.1) is 0 Å². The van der Waals surface area contributed by atoms with Gasteiger partial charge >= 0.3 is 0 Å². The van der Waals surface area contributed by atoms with Gasteiger partial charge in [-0.25, -0.2) is 4.99 Å². The first-order valence-electron chi connectivity index (χ1n) is 7.98. The molecule has 5 heteroatoms. The highest BCUT2D eigenvalue weighted by atomic mass is 16.5. The van der Waals surface area contributed by atoms with E-state index in [9.17, 15) is 0 Å². The molecule has 0 radical (unpaired) electrons. The van der Waals surface area contributed by atoms with Crippen LogP contribution in [0.15, 0.2) is 53.5 Å². The van der Waals surface area contributed by atoms with Crippen LogP contribution in [-0.4, -0.2) is 44.5 Å². The Morgan fingerprint density at radius 1 is 1.12 bits per heavy atom. The number of hydrogen-bond donors (Lipinski definition) is 1. The average Bonchev–Trinajstić information content (AvgIpc) is 2.97. The molecule has 1 atom stereocenters. The van der Waals surface area contributed by atoms with Gasteiger partial charge in [0.15, 0.2) is 5.66 Å². The second kappa shape index (κ2) is 6.63. The van der Waals surface area contributed by atoms with Crippen LogP contribution in [0.25, 0.3) is 0 Å². The standard InChI is InChI=1S/C19H24N4O/c1-22(2)13-15-6-5-7-17(12-15)19(20-14-21-23(19)3)16-8-10-18(24-4)11-9-16/h5-12,14H,13H2,1-4H3,(H,20,21). The largest absolute Gasteiger partial charge is 0.497 e. The van der Waals surface area contributed by atoms with E-state index in [1.807, 2.05) is 24.2 Å². The second-order valence-electron chi connectivity index (χ2n) is 6.29. The molecule has 5 nitrogen and oxygen atoms in total. The van der Waals surface area contributed by atoms with E-state index in [1.54, 1.807) is 13.4 Å². The van der Waals surface area contributed by atoms with Gasteiger partial charge < -0.3 is 15.1 Å². The van der Waals surface area contributed by atoms with Crippen LogP contribution in [0.5, 0.6) is 5.75 Å². The maximum absolute atomic E-state index is 5.29. The Hall–Kier alpha value is -2.37. The molecule has 0 spiro atoms. The lowest BCUT2D eigenvalue weighted by atomic mass is 9.90. The maximum Gasteiger partial charge on any atom is 0.182 e. The Kier molecular flexibility index (Phi) is 4.55. The zero-order valence-electron chi connectivity index (χ0n) is 14.7. The molecule has 126 valence electrons. The number of rotatable bonds is 5. The number of hydrazine groups is 1. The molecule has 2 aromatic carbocycles. The van der Waals surface area contributed by atoms with E-state index in [-0.39, 0.29) is 0 Å². The molecule has 0 bridgehead atoms. The summed E-state index contributed by atoms with van der Waals surface area (Å²) >= 11 is 0. The molecule has 2 aromatic rings. The lowest BCUT2D eigenvalue weighted by Crippen LogP contribution is -2.44. The molecule has 24 heavy (non-hydrogen) atoms. The SMILES string of the molecule is COc1ccc(C2(c3cccc(CN(C)C)c3)N=CNN2C)cc1. The summed E-state index contributed by atoms with van der Waals surface area (Å²) in [4.78, 5) is 6.97. The van der Waals surface area contributed by atoms with E-state index in [4.69, 9.17) is 9.73 Å². The van der Waals surface area contributed by atoms with Crippen molar-refractivity contribution in [2.45, 2.75) is 12.2 Å². The molecular weight excluding hydrogens is 300 g/mol. The summed E-state index contributed by atoms with van der Waals surface area (Å²) in [6, 6.07) is 16.7. The van der Waals surface area contributed by atoms with Crippen LogP contribution in [0.2, 0.25) is 0 Å². The highest BCUT2D eigenvalue weighted by Gasteiger charge is 2.41. The van der Waals surface area contributed by atoms with E-state index in [0.717, 1.165) is 23.4 Å². The van der Waals surface area contributed by atoms with Gasteiger partial charge in [-0.15, -0.1) is 0 Å². The van der Waals surface area contributed by atoms with Crippen molar-refractivity contribution in [2.75, 3.05) is 28.3 Å². The van der Waals surface area contributed by atoms with Crippen molar-refractivity contribution in [3.63, 3.8) is 0 Å². The van der Waals surface area contributed by atoms with Crippen LogP contribution < -0.4 is 10.2 Å². The smallest absolute Gasteiger partial charge is 0.182 e. The molecule has 0 fully saturated rings. The van der Waals surface area contributed by atoms with Crippen molar-refractivity contribution < 1.29 is 4.74 Å². The number of benzene rings is 2. The van der Waals surface area contributed by atoms with Gasteiger partial charge in [-0.2, -0.15) is 5.01 Å². The van der Waals surface area contributed by atoms with Crippen molar-refractivity contribution >= 4 is 6.34 Å². The van der Waals surface area contributed by atoms with E-state index in [0.29, 0.717) is 0 Å². The molecule has 1 aliphatic heterocycles. The summed E-state index contributed by atoms with van der Waals surface area (Å²) in [6.45, 7) is 0.896. The Balaban J connectivity index is 2.08. The fourth-order valence-electron chi connectivity index (χ4n) is 3.17. The summed E-state index contributed by atoms with van der Waals surface area (Å²) in [5.41, 5.74) is 6.11. The van der Waals surface area contributed by atoms with Crippen molar-refractivity contribution in [3.05, 3.63) is 65.2 Å². The highest BCUT2D eigenvalue weighted by molar-refractivity contribution is 5.60. The first-order chi connectivity index (χ1) is 11.6. The average molecular weight is 324 g/mol. The molecule has 0 saturated heterocycles. The third-order valence-corrected chi connectivity index (χ3v) is 4.31. The van der Waals surface area contributed by atoms with Crippen LogP contribution in [0.4, 0.5) is 0 Å². The fraction of sp³-hybridized carbons (Fsp3) is 0.316. The molecule has 0 aromatic heterocycles. The molecule has 1 aliphatic rings. The Labute approximate surface area is 143 Å². The molecule has 3 rings (SSSR count). The molecule has 1 N–H and O–H groups in total. The number of nitrogens with zero attached hydrogens (tertiary/aromatic N) is 3. The summed E-state index contributed by atoms with van der Waals surface area (Å²) in [6.07, 6.45) is 1.75. The van der Waals surface area contributed by atoms with E-state index >= 15 is 0 Å². The minimum Gasteiger partial charge on any atom is -0.497 e. The highest BCUT2D eigenvalue weighted by Crippen LogP contribution is 2.38. The molecule has 0 amide bonds. The van der Waals surface area contributed by atoms with Gasteiger partial charge in [0.1, 0.15) is 12.1 Å². The van der Waals surface area contributed by atoms with Gasteiger partial charge in [-0.05, 0) is 31.8 Å². The minimum atomic E-state index is -0.575. The lowest BCUT2D eigenvalue weighted by Gasteiger charge is -2.34. The molecule has 1 heterocycles. The van der Waals surface area contributed by atoms with Gasteiger partial charge in [0, 0.05) is 24.7 Å². The summed E-state index contributed by atoms with van der Waals surface area (Å²) in [5.74, 6) is 0.841. The van der Waals surface area contributed by atoms with E-state index in [2.05, 4.69) is 60.8 Å². The third-order valence-electron chi connectivity index (χ3n) is 4.31. The quantitative estimate of drug-likeness (QED) is 0.917. The van der Waals surface area contributed by atoms with Gasteiger partial charge in [-0.3, -0.25) is 0 Å². The van der Waals surface area contributed by atoms with Crippen LogP contribution in [0.3, 0.4) is 0 Å². The number of ether oxygens (including phenoxy) is 1. The number of methoxy groups -OCH3 is 1. The normalized spacial score (nSPS) is 20.4. The molecule has 0 saturated carbocycles. The van der Waals surface area contributed by atoms with Crippen LogP contribution in [-0.2, 0) is 12.2 Å². The monoisotopic (exact) mass is 324 g/mol. The van der Waals surface area contributed by atoms with Crippen molar-refractivity contribution in [1.29, 1.82) is 0 Å². The number of hydrogen-bond acceptors (Lipinski definition) is 5. The lowest BCUT2D eigenvalue weighted by molar-refractivity contribution is 0.162. The Morgan fingerprint density at radius 2 is 1.88 bits per heavy atom. The molecule has 1 unspecified atom stereocenters. The number of aliphatic imine (C=N–C) groups is 1. The topological polar surface area (TPSA) is 40.1 Å². The zero-order valence-corrected chi connectivity index (χ0v) is 14.7. The predicted octanol–water partition coefficient (Wildman–Crippen LogP) is 2.44. The van der Waals surface area contributed by atoms with E-state index < -0.39 is 5.66 Å². The first kappa shape index (κ1) is 16.5. The second-order valence-corrected chi connectivity index (χ2v) is 6.29. The summed E-state index contributed by atoms with van der Waals surface area (Å²) < 4.78 is 5.29. The molecule has 0 aliphatic carbocycles. The van der Waals surface area contributed by atoms with Gasteiger partial charge in [0.05, 0.1) is 7.11 Å². The Bertz CT molecular complexity index is 726. The van der Waals surface area contributed by atoms with Gasteiger partial charge in [0.25, 0.3) is 0 Å². The summed E-state index contributed by atoms with van der Waals surface area (Å²) in [5, 5.41) is 2.03. The minimum absolute atomic E-state index is 0.575. The van der Waals surface area contributed by atoms with Gasteiger partial charge in [0.2, 0.25) is 0 Å². The Morgan fingerprint density at radius 3 is 2.46 bits per heavy atom. The van der Waals surface area contributed by atoms with Crippen molar-refractivity contribution in [1.82, 2.24) is 15.3 Å². The molecular formula is C19H24N4O. The predicted molar refractivity (Wildman–Crippen MR) is 97.0 cm³/mol. The fourth-order valence-corrected chi connectivity index (χ4v) is 3.17. The van der Waals surface area contributed by atoms with Crippen molar-refractivity contribution in [3.8, 4) is 5.75 Å². The zero-order chi connectivity index (χ0) is 17.2. The maximum atomic E-state index is 5.29. The van der Waals surface area contributed by atoms with Crippen LogP contribution in [0.1, 0.15) is 16.7 Å². The van der Waals surface area contributed by atoms with Crippen LogP contribution >= 0.6 is 0 Å².